The van der Waals surface area contributed by atoms with E-state index in [2.05, 4.69) is 28.7 Å². The van der Waals surface area contributed by atoms with E-state index in [9.17, 15) is 0 Å². The fourth-order valence-corrected chi connectivity index (χ4v) is 3.38. The first-order valence-corrected chi connectivity index (χ1v) is 7.58. The molecule has 21 heavy (non-hydrogen) atoms. The molecule has 4 nitrogen and oxygen atoms in total. The molecule has 0 radical (unpaired) electrons. The second-order valence-electron chi connectivity index (χ2n) is 6.26. The van der Waals surface area contributed by atoms with Gasteiger partial charge in [-0.2, -0.15) is 0 Å². The van der Waals surface area contributed by atoms with E-state index >= 15 is 0 Å². The van der Waals surface area contributed by atoms with Crippen molar-refractivity contribution in [3.8, 4) is 0 Å². The van der Waals surface area contributed by atoms with E-state index in [1.54, 1.807) is 13.3 Å². The van der Waals surface area contributed by atoms with Crippen LogP contribution < -0.4 is 4.90 Å². The maximum absolute atomic E-state index is 6.38. The highest BCUT2D eigenvalue weighted by Crippen LogP contribution is 2.34. The molecule has 1 saturated heterocycles. The average Bonchev–Trinajstić information content (AvgIpc) is 2.46. The zero-order valence-electron chi connectivity index (χ0n) is 12.6. The zero-order valence-corrected chi connectivity index (χ0v) is 13.4. The van der Waals surface area contributed by atoms with Crippen LogP contribution in [0.5, 0.6) is 0 Å². The van der Waals surface area contributed by atoms with Crippen LogP contribution in [0.2, 0.25) is 5.02 Å². The van der Waals surface area contributed by atoms with Gasteiger partial charge in [-0.25, -0.2) is 9.97 Å². The number of pyridine rings is 2. The van der Waals surface area contributed by atoms with Gasteiger partial charge in [0.05, 0.1) is 11.1 Å². The number of piperidine rings is 1. The number of fused-ring (bicyclic) bond motifs is 1. The molecule has 1 aliphatic rings. The van der Waals surface area contributed by atoms with Crippen LogP contribution in [0, 0.1) is 5.41 Å². The van der Waals surface area contributed by atoms with E-state index in [1.165, 1.54) is 0 Å². The van der Waals surface area contributed by atoms with Crippen molar-refractivity contribution in [3.05, 3.63) is 29.4 Å². The SMILES string of the molecule is COC1CCN(c2cc(Cl)c3cccnc3n2)CC1(C)C. The van der Waals surface area contributed by atoms with Crippen LogP contribution in [0.1, 0.15) is 20.3 Å². The minimum atomic E-state index is 0.0836. The first kappa shape index (κ1) is 14.5. The van der Waals surface area contributed by atoms with E-state index in [0.29, 0.717) is 10.7 Å². The van der Waals surface area contributed by atoms with Crippen LogP contribution in [-0.2, 0) is 4.74 Å². The largest absolute Gasteiger partial charge is 0.381 e. The number of aromatic nitrogens is 2. The molecule has 112 valence electrons. The Balaban J connectivity index is 1.94. The van der Waals surface area contributed by atoms with E-state index in [1.807, 2.05) is 18.2 Å². The number of hydrogen-bond acceptors (Lipinski definition) is 4. The molecular formula is C16H20ClN3O. The summed E-state index contributed by atoms with van der Waals surface area (Å²) >= 11 is 6.38. The van der Waals surface area contributed by atoms with Gasteiger partial charge >= 0.3 is 0 Å². The van der Waals surface area contributed by atoms with Gasteiger partial charge in [-0.05, 0) is 18.6 Å². The minimum Gasteiger partial charge on any atom is -0.381 e. The van der Waals surface area contributed by atoms with Gasteiger partial charge in [0, 0.05) is 43.3 Å². The van der Waals surface area contributed by atoms with Crippen molar-refractivity contribution in [1.82, 2.24) is 9.97 Å². The fourth-order valence-electron chi connectivity index (χ4n) is 3.14. The summed E-state index contributed by atoms with van der Waals surface area (Å²) < 4.78 is 5.60. The van der Waals surface area contributed by atoms with Gasteiger partial charge in [0.15, 0.2) is 5.65 Å². The lowest BCUT2D eigenvalue weighted by Crippen LogP contribution is -2.49. The molecule has 0 saturated carbocycles. The summed E-state index contributed by atoms with van der Waals surface area (Å²) in [7, 11) is 1.79. The molecule has 0 amide bonds. The van der Waals surface area contributed by atoms with Gasteiger partial charge in [0.1, 0.15) is 5.82 Å². The van der Waals surface area contributed by atoms with Crippen LogP contribution in [0.15, 0.2) is 24.4 Å². The molecule has 3 heterocycles. The van der Waals surface area contributed by atoms with Gasteiger partial charge in [0.25, 0.3) is 0 Å². The number of anilines is 1. The Morgan fingerprint density at radius 1 is 1.43 bits per heavy atom. The number of rotatable bonds is 2. The first-order valence-electron chi connectivity index (χ1n) is 7.20. The Kier molecular flexibility index (Phi) is 3.76. The van der Waals surface area contributed by atoms with Crippen molar-refractivity contribution in [3.63, 3.8) is 0 Å². The number of methoxy groups -OCH3 is 1. The number of halogens is 1. The molecule has 3 rings (SSSR count). The normalized spacial score (nSPS) is 21.7. The Hall–Kier alpha value is -1.39. The van der Waals surface area contributed by atoms with E-state index < -0.39 is 0 Å². The maximum atomic E-state index is 6.38. The lowest BCUT2D eigenvalue weighted by molar-refractivity contribution is -0.00642. The minimum absolute atomic E-state index is 0.0836. The molecule has 2 aromatic rings. The first-order chi connectivity index (χ1) is 10.0. The predicted octanol–water partition coefficient (Wildman–Crippen LogP) is 3.53. The zero-order chi connectivity index (χ0) is 15.0. The monoisotopic (exact) mass is 305 g/mol. The Morgan fingerprint density at radius 3 is 2.95 bits per heavy atom. The molecule has 1 unspecified atom stereocenters. The van der Waals surface area contributed by atoms with E-state index in [0.717, 1.165) is 30.7 Å². The summed E-state index contributed by atoms with van der Waals surface area (Å²) in [6, 6.07) is 5.76. The summed E-state index contributed by atoms with van der Waals surface area (Å²) in [5.74, 6) is 0.897. The van der Waals surface area contributed by atoms with Crippen molar-refractivity contribution in [2.24, 2.45) is 5.41 Å². The summed E-state index contributed by atoms with van der Waals surface area (Å²) in [5.41, 5.74) is 0.784. The highest BCUT2D eigenvalue weighted by atomic mass is 35.5. The van der Waals surface area contributed by atoms with Gasteiger partial charge in [-0.15, -0.1) is 0 Å². The summed E-state index contributed by atoms with van der Waals surface area (Å²) in [6.07, 6.45) is 3.02. The molecule has 2 aromatic heterocycles. The lowest BCUT2D eigenvalue weighted by atomic mass is 9.81. The highest BCUT2D eigenvalue weighted by molar-refractivity contribution is 6.35. The van der Waals surface area contributed by atoms with E-state index in [-0.39, 0.29) is 11.5 Å². The molecule has 5 heteroatoms. The molecule has 0 N–H and O–H groups in total. The Morgan fingerprint density at radius 2 is 2.24 bits per heavy atom. The van der Waals surface area contributed by atoms with Crippen LogP contribution in [0.3, 0.4) is 0 Å². The predicted molar refractivity (Wildman–Crippen MR) is 86.0 cm³/mol. The molecule has 1 atom stereocenters. The second-order valence-corrected chi connectivity index (χ2v) is 6.67. The van der Waals surface area contributed by atoms with Crippen LogP contribution in [-0.4, -0.2) is 36.3 Å². The van der Waals surface area contributed by atoms with E-state index in [4.69, 9.17) is 16.3 Å². The van der Waals surface area contributed by atoms with Crippen molar-refractivity contribution in [2.45, 2.75) is 26.4 Å². The molecule has 0 spiro atoms. The summed E-state index contributed by atoms with van der Waals surface area (Å²) in [4.78, 5) is 11.3. The number of hydrogen-bond donors (Lipinski definition) is 0. The van der Waals surface area contributed by atoms with Crippen LogP contribution >= 0.6 is 11.6 Å². The standard InChI is InChI=1S/C16H20ClN3O/c1-16(2)10-20(8-6-13(16)21-3)14-9-12(17)11-5-4-7-18-15(11)19-14/h4-5,7,9,13H,6,8,10H2,1-3H3. The van der Waals surface area contributed by atoms with Gasteiger partial charge in [-0.1, -0.05) is 25.4 Å². The Labute approximate surface area is 130 Å². The molecular weight excluding hydrogens is 286 g/mol. The molecule has 1 fully saturated rings. The average molecular weight is 306 g/mol. The number of nitrogens with zero attached hydrogens (tertiary/aromatic N) is 3. The lowest BCUT2D eigenvalue weighted by Gasteiger charge is -2.44. The number of ether oxygens (including phenoxy) is 1. The quantitative estimate of drug-likeness (QED) is 0.850. The van der Waals surface area contributed by atoms with Crippen LogP contribution in [0.25, 0.3) is 11.0 Å². The maximum Gasteiger partial charge on any atom is 0.163 e. The van der Waals surface area contributed by atoms with Gasteiger partial charge in [-0.3, -0.25) is 0 Å². The van der Waals surface area contributed by atoms with Gasteiger partial charge < -0.3 is 9.64 Å². The van der Waals surface area contributed by atoms with Crippen molar-refractivity contribution < 1.29 is 4.74 Å². The third-order valence-electron chi connectivity index (χ3n) is 4.26. The molecule has 0 aromatic carbocycles. The van der Waals surface area contributed by atoms with Crippen molar-refractivity contribution >= 4 is 28.5 Å². The highest BCUT2D eigenvalue weighted by Gasteiger charge is 2.36. The molecule has 0 bridgehead atoms. The molecule has 1 aliphatic heterocycles. The Bertz CT molecular complexity index is 659. The van der Waals surface area contributed by atoms with Crippen LogP contribution in [0.4, 0.5) is 5.82 Å². The third kappa shape index (κ3) is 2.70. The fraction of sp³-hybridized carbons (Fsp3) is 0.500. The summed E-state index contributed by atoms with van der Waals surface area (Å²) in [6.45, 7) is 6.28. The molecule has 0 aliphatic carbocycles. The third-order valence-corrected chi connectivity index (χ3v) is 4.57. The van der Waals surface area contributed by atoms with Crippen molar-refractivity contribution in [1.29, 1.82) is 0 Å². The summed E-state index contributed by atoms with van der Waals surface area (Å²) in [5, 5.41) is 1.60. The topological polar surface area (TPSA) is 38.2 Å². The van der Waals surface area contributed by atoms with Crippen molar-refractivity contribution in [2.75, 3.05) is 25.1 Å². The second kappa shape index (κ2) is 5.43. The smallest absolute Gasteiger partial charge is 0.163 e. The van der Waals surface area contributed by atoms with Gasteiger partial charge in [0.2, 0.25) is 0 Å².